The van der Waals surface area contributed by atoms with Crippen LogP contribution in [0.15, 0.2) is 46.9 Å². The first kappa shape index (κ1) is 12.6. The average molecular weight is 296 g/mol. The van der Waals surface area contributed by atoms with Crippen LogP contribution in [-0.2, 0) is 20.2 Å². The van der Waals surface area contributed by atoms with Crippen molar-refractivity contribution in [1.82, 2.24) is 0 Å². The zero-order valence-corrected chi connectivity index (χ0v) is 12.3. The van der Waals surface area contributed by atoms with Crippen LogP contribution in [0.25, 0.3) is 21.9 Å². The lowest BCUT2D eigenvalue weighted by atomic mass is 9.91. The summed E-state index contributed by atoms with van der Waals surface area (Å²) < 4.78 is 23.6. The highest BCUT2D eigenvalue weighted by Gasteiger charge is 2.51. The van der Waals surface area contributed by atoms with Crippen molar-refractivity contribution in [1.29, 1.82) is 0 Å². The van der Waals surface area contributed by atoms with Gasteiger partial charge < -0.3 is 18.6 Å². The molecule has 2 aromatic carbocycles. The summed E-state index contributed by atoms with van der Waals surface area (Å²) in [7, 11) is 0. The average Bonchev–Trinajstić information content (AvgIpc) is 2.93. The van der Waals surface area contributed by atoms with Gasteiger partial charge in [0.05, 0.1) is 19.8 Å². The molecule has 4 heteroatoms. The molecule has 1 aromatic heterocycles. The molecule has 4 heterocycles. The molecule has 0 N–H and O–H groups in total. The Labute approximate surface area is 127 Å². The van der Waals surface area contributed by atoms with E-state index in [9.17, 15) is 0 Å². The van der Waals surface area contributed by atoms with Gasteiger partial charge >= 0.3 is 5.97 Å². The Bertz CT molecular complexity index is 855. The highest BCUT2D eigenvalue weighted by Crippen LogP contribution is 2.44. The summed E-state index contributed by atoms with van der Waals surface area (Å²) in [5, 5.41) is 2.20. The Kier molecular flexibility index (Phi) is 2.36. The van der Waals surface area contributed by atoms with E-state index in [4.69, 9.17) is 18.6 Å². The zero-order valence-electron chi connectivity index (χ0n) is 12.3. The molecule has 112 valence electrons. The first-order valence-electron chi connectivity index (χ1n) is 7.51. The van der Waals surface area contributed by atoms with E-state index in [-0.39, 0.29) is 5.41 Å². The van der Waals surface area contributed by atoms with Crippen molar-refractivity contribution >= 4 is 21.9 Å². The molecule has 0 aliphatic carbocycles. The molecule has 0 amide bonds. The summed E-state index contributed by atoms with van der Waals surface area (Å²) in [5.41, 5.74) is 2.52. The standard InChI is InChI=1S/C18H16O4/c1-17-9-19-18(20-10-17,21-11-17)12-6-7-14-13-4-2-3-5-15(13)22-16(14)8-12/h2-8H,9-11H2,1H3. The van der Waals surface area contributed by atoms with Crippen molar-refractivity contribution in [3.63, 3.8) is 0 Å². The number of furan rings is 1. The Morgan fingerprint density at radius 3 is 2.27 bits per heavy atom. The third kappa shape index (κ3) is 1.63. The van der Waals surface area contributed by atoms with Crippen LogP contribution >= 0.6 is 0 Å². The van der Waals surface area contributed by atoms with E-state index in [0.29, 0.717) is 19.8 Å². The van der Waals surface area contributed by atoms with Gasteiger partial charge in [0.1, 0.15) is 11.2 Å². The second-order valence-electron chi connectivity index (χ2n) is 6.54. The first-order chi connectivity index (χ1) is 10.7. The summed E-state index contributed by atoms with van der Waals surface area (Å²) in [6.07, 6.45) is 0. The lowest BCUT2D eigenvalue weighted by molar-refractivity contribution is -0.477. The molecule has 3 aromatic rings. The number of fused-ring (bicyclic) bond motifs is 6. The van der Waals surface area contributed by atoms with Crippen molar-refractivity contribution in [2.75, 3.05) is 19.8 Å². The van der Waals surface area contributed by atoms with E-state index >= 15 is 0 Å². The lowest BCUT2D eigenvalue weighted by Crippen LogP contribution is -2.57. The molecule has 3 fully saturated rings. The second-order valence-corrected chi connectivity index (χ2v) is 6.54. The Morgan fingerprint density at radius 2 is 1.50 bits per heavy atom. The molecular formula is C18H16O4. The molecule has 0 spiro atoms. The Hall–Kier alpha value is -1.88. The number of para-hydroxylation sites is 1. The molecule has 0 radical (unpaired) electrons. The number of hydrogen-bond acceptors (Lipinski definition) is 4. The number of rotatable bonds is 1. The highest BCUT2D eigenvalue weighted by atomic mass is 16.9. The minimum Gasteiger partial charge on any atom is -0.456 e. The predicted molar refractivity (Wildman–Crippen MR) is 81.4 cm³/mol. The quantitative estimate of drug-likeness (QED) is 0.685. The smallest absolute Gasteiger partial charge is 0.312 e. The van der Waals surface area contributed by atoms with E-state index in [0.717, 1.165) is 27.5 Å². The molecule has 22 heavy (non-hydrogen) atoms. The van der Waals surface area contributed by atoms with Gasteiger partial charge in [-0.15, -0.1) is 0 Å². The minimum absolute atomic E-state index is 0.0365. The molecule has 3 aliphatic heterocycles. The monoisotopic (exact) mass is 296 g/mol. The van der Waals surface area contributed by atoms with Crippen LogP contribution in [0.5, 0.6) is 0 Å². The van der Waals surface area contributed by atoms with Gasteiger partial charge in [0, 0.05) is 21.8 Å². The second kappa shape index (κ2) is 4.10. The zero-order chi connectivity index (χ0) is 14.8. The Balaban J connectivity index is 1.65. The number of ether oxygens (including phenoxy) is 3. The molecule has 0 unspecified atom stereocenters. The molecule has 3 saturated heterocycles. The van der Waals surface area contributed by atoms with Gasteiger partial charge in [-0.1, -0.05) is 31.2 Å². The van der Waals surface area contributed by atoms with Gasteiger partial charge in [-0.25, -0.2) is 0 Å². The number of benzene rings is 2. The van der Waals surface area contributed by atoms with E-state index in [1.807, 2.05) is 36.4 Å². The molecule has 6 rings (SSSR count). The summed E-state index contributed by atoms with van der Waals surface area (Å²) >= 11 is 0. The van der Waals surface area contributed by atoms with Gasteiger partial charge in [-0.05, 0) is 18.2 Å². The van der Waals surface area contributed by atoms with Crippen molar-refractivity contribution in [2.24, 2.45) is 5.41 Å². The van der Waals surface area contributed by atoms with Gasteiger partial charge in [0.25, 0.3) is 0 Å². The normalized spacial score (nSPS) is 31.1. The third-order valence-corrected chi connectivity index (χ3v) is 4.56. The van der Waals surface area contributed by atoms with Gasteiger partial charge in [0.2, 0.25) is 0 Å². The van der Waals surface area contributed by atoms with E-state index in [1.54, 1.807) is 0 Å². The Morgan fingerprint density at radius 1 is 0.818 bits per heavy atom. The van der Waals surface area contributed by atoms with Gasteiger partial charge in [0.15, 0.2) is 0 Å². The predicted octanol–water partition coefficient (Wildman–Crippen LogP) is 3.78. The van der Waals surface area contributed by atoms with Crippen LogP contribution in [0.1, 0.15) is 12.5 Å². The van der Waals surface area contributed by atoms with Crippen molar-refractivity contribution < 1.29 is 18.6 Å². The molecule has 0 saturated carbocycles. The van der Waals surface area contributed by atoms with Crippen LogP contribution in [0.3, 0.4) is 0 Å². The maximum Gasteiger partial charge on any atom is 0.312 e. The van der Waals surface area contributed by atoms with Crippen molar-refractivity contribution in [3.05, 3.63) is 48.0 Å². The largest absolute Gasteiger partial charge is 0.456 e. The van der Waals surface area contributed by atoms with Gasteiger partial charge in [-0.3, -0.25) is 0 Å². The maximum atomic E-state index is 5.94. The molecule has 0 atom stereocenters. The van der Waals surface area contributed by atoms with Crippen LogP contribution < -0.4 is 0 Å². The van der Waals surface area contributed by atoms with E-state index < -0.39 is 5.97 Å². The lowest BCUT2D eigenvalue weighted by Gasteiger charge is -2.50. The fraction of sp³-hybridized carbons (Fsp3) is 0.333. The summed E-state index contributed by atoms with van der Waals surface area (Å²) in [6, 6.07) is 14.0. The maximum absolute atomic E-state index is 5.94. The molecule has 4 nitrogen and oxygen atoms in total. The SMILES string of the molecule is CC12COC(c3ccc4c(c3)oc3ccccc34)(OC1)OC2. The summed E-state index contributed by atoms with van der Waals surface area (Å²) in [5.74, 6) is -1.08. The van der Waals surface area contributed by atoms with Crippen LogP contribution in [-0.4, -0.2) is 19.8 Å². The van der Waals surface area contributed by atoms with Crippen LogP contribution in [0, 0.1) is 5.41 Å². The fourth-order valence-electron chi connectivity index (χ4n) is 3.22. The van der Waals surface area contributed by atoms with E-state index in [1.165, 1.54) is 0 Å². The van der Waals surface area contributed by atoms with Crippen LogP contribution in [0.2, 0.25) is 0 Å². The minimum atomic E-state index is -1.08. The van der Waals surface area contributed by atoms with E-state index in [2.05, 4.69) is 13.0 Å². The van der Waals surface area contributed by atoms with Crippen LogP contribution in [0.4, 0.5) is 0 Å². The van der Waals surface area contributed by atoms with Crippen molar-refractivity contribution in [3.8, 4) is 0 Å². The molecule has 2 bridgehead atoms. The third-order valence-electron chi connectivity index (χ3n) is 4.56. The first-order valence-corrected chi connectivity index (χ1v) is 7.51. The molecular weight excluding hydrogens is 280 g/mol. The number of hydrogen-bond donors (Lipinski definition) is 0. The fourth-order valence-corrected chi connectivity index (χ4v) is 3.22. The van der Waals surface area contributed by atoms with Crippen molar-refractivity contribution in [2.45, 2.75) is 12.9 Å². The molecule has 3 aliphatic rings. The van der Waals surface area contributed by atoms with Gasteiger partial charge in [-0.2, -0.15) is 0 Å². The summed E-state index contributed by atoms with van der Waals surface area (Å²) in [4.78, 5) is 0. The topological polar surface area (TPSA) is 40.8 Å². The summed E-state index contributed by atoms with van der Waals surface area (Å²) in [6.45, 7) is 4.04. The highest BCUT2D eigenvalue weighted by molar-refractivity contribution is 6.04.